The molecule has 82 valence electrons. The normalized spacial score (nSPS) is 20.0. The third-order valence-electron chi connectivity index (χ3n) is 2.59. The van der Waals surface area contributed by atoms with Crippen LogP contribution in [0.3, 0.4) is 0 Å². The molecule has 0 radical (unpaired) electrons. The van der Waals surface area contributed by atoms with E-state index in [-0.39, 0.29) is 0 Å². The number of hydrogen-bond acceptors (Lipinski definition) is 2. The van der Waals surface area contributed by atoms with Crippen molar-refractivity contribution in [2.45, 2.75) is 20.4 Å². The summed E-state index contributed by atoms with van der Waals surface area (Å²) in [6.45, 7) is 7.64. The second kappa shape index (κ2) is 3.93. The Bertz CT molecular complexity index is 369. The van der Waals surface area contributed by atoms with Crippen molar-refractivity contribution in [3.05, 3.63) is 28.0 Å². The number of aromatic nitrogens is 1. The minimum absolute atomic E-state index is 0.451. The smallest absolute Gasteiger partial charge is 0.130 e. The average molecular weight is 245 g/mol. The second-order valence-electron chi connectivity index (χ2n) is 4.91. The molecule has 0 aromatic carbocycles. The summed E-state index contributed by atoms with van der Waals surface area (Å²) < 4.78 is 0. The van der Waals surface area contributed by atoms with Gasteiger partial charge < -0.3 is 0 Å². The number of hydrogen-bond donors (Lipinski definition) is 0. The monoisotopic (exact) mass is 244 g/mol. The van der Waals surface area contributed by atoms with Gasteiger partial charge >= 0.3 is 0 Å². The lowest BCUT2D eigenvalue weighted by Gasteiger charge is -2.46. The fourth-order valence-electron chi connectivity index (χ4n) is 2.07. The highest BCUT2D eigenvalue weighted by Crippen LogP contribution is 2.31. The first-order valence-electron chi connectivity index (χ1n) is 4.99. The van der Waals surface area contributed by atoms with Gasteiger partial charge in [0, 0.05) is 36.4 Å². The van der Waals surface area contributed by atoms with E-state index in [9.17, 15) is 0 Å². The minimum Gasteiger partial charge on any atom is -0.298 e. The Morgan fingerprint density at radius 2 is 2.07 bits per heavy atom. The summed E-state index contributed by atoms with van der Waals surface area (Å²) >= 11 is 11.8. The molecule has 1 aliphatic heterocycles. The molecule has 4 heteroatoms. The molecule has 0 N–H and O–H groups in total. The van der Waals surface area contributed by atoms with Gasteiger partial charge in [-0.2, -0.15) is 0 Å². The van der Waals surface area contributed by atoms with E-state index in [0.717, 1.165) is 25.2 Å². The Kier molecular flexibility index (Phi) is 2.93. The van der Waals surface area contributed by atoms with Crippen molar-refractivity contribution in [2.75, 3.05) is 13.1 Å². The molecule has 0 atom stereocenters. The van der Waals surface area contributed by atoms with Gasteiger partial charge in [0.1, 0.15) is 5.15 Å². The topological polar surface area (TPSA) is 16.1 Å². The van der Waals surface area contributed by atoms with Crippen molar-refractivity contribution in [2.24, 2.45) is 5.41 Å². The maximum absolute atomic E-state index is 6.07. The molecule has 2 heterocycles. The summed E-state index contributed by atoms with van der Waals surface area (Å²) in [6.07, 6.45) is 1.76. The van der Waals surface area contributed by atoms with Gasteiger partial charge in [0.15, 0.2) is 0 Å². The van der Waals surface area contributed by atoms with Gasteiger partial charge in [0.2, 0.25) is 0 Å². The summed E-state index contributed by atoms with van der Waals surface area (Å²) in [5.41, 5.74) is 1.50. The molecule has 0 saturated carbocycles. The summed E-state index contributed by atoms with van der Waals surface area (Å²) in [4.78, 5) is 6.40. The molecule has 1 saturated heterocycles. The van der Waals surface area contributed by atoms with Gasteiger partial charge in [-0.3, -0.25) is 4.90 Å². The standard InChI is InChI=1S/C11H14Cl2N2/c1-11(2)6-15(7-11)5-8-4-14-10(13)3-9(8)12/h3-4H,5-7H2,1-2H3. The van der Waals surface area contributed by atoms with Crippen molar-refractivity contribution in [3.63, 3.8) is 0 Å². The lowest BCUT2D eigenvalue weighted by molar-refractivity contribution is 0.0242. The van der Waals surface area contributed by atoms with E-state index in [1.54, 1.807) is 12.3 Å². The Morgan fingerprint density at radius 3 is 2.60 bits per heavy atom. The van der Waals surface area contributed by atoms with Crippen LogP contribution in [-0.2, 0) is 6.54 Å². The lowest BCUT2D eigenvalue weighted by Crippen LogP contribution is -2.52. The van der Waals surface area contributed by atoms with Crippen molar-refractivity contribution in [1.82, 2.24) is 9.88 Å². The number of likely N-dealkylation sites (tertiary alicyclic amines) is 1. The molecule has 0 amide bonds. The summed E-state index contributed by atoms with van der Waals surface area (Å²) in [7, 11) is 0. The number of nitrogens with zero attached hydrogens (tertiary/aromatic N) is 2. The Labute approximate surface area is 100 Å². The number of rotatable bonds is 2. The second-order valence-corrected chi connectivity index (χ2v) is 5.70. The number of halogens is 2. The zero-order chi connectivity index (χ0) is 11.1. The van der Waals surface area contributed by atoms with Crippen LogP contribution in [0.2, 0.25) is 10.2 Å². The van der Waals surface area contributed by atoms with Crippen molar-refractivity contribution in [3.8, 4) is 0 Å². The van der Waals surface area contributed by atoms with Crippen LogP contribution in [0.5, 0.6) is 0 Å². The third kappa shape index (κ3) is 2.63. The van der Waals surface area contributed by atoms with E-state index in [1.165, 1.54) is 0 Å². The van der Waals surface area contributed by atoms with Crippen LogP contribution in [0.25, 0.3) is 0 Å². The third-order valence-corrected chi connectivity index (χ3v) is 3.15. The minimum atomic E-state index is 0.451. The maximum Gasteiger partial charge on any atom is 0.130 e. The Hall–Kier alpha value is -0.310. The van der Waals surface area contributed by atoms with Crippen LogP contribution in [0.4, 0.5) is 0 Å². The molecule has 0 spiro atoms. The van der Waals surface area contributed by atoms with Crippen LogP contribution in [0, 0.1) is 5.41 Å². The predicted octanol–water partition coefficient (Wildman–Crippen LogP) is 3.23. The predicted molar refractivity (Wildman–Crippen MR) is 63.3 cm³/mol. The first-order chi connectivity index (χ1) is 6.96. The largest absolute Gasteiger partial charge is 0.298 e. The number of pyridine rings is 1. The van der Waals surface area contributed by atoms with Gasteiger partial charge in [-0.05, 0) is 11.5 Å². The lowest BCUT2D eigenvalue weighted by atomic mass is 9.84. The molecule has 2 nitrogen and oxygen atoms in total. The van der Waals surface area contributed by atoms with E-state index in [1.807, 2.05) is 0 Å². The van der Waals surface area contributed by atoms with Gasteiger partial charge in [0.05, 0.1) is 0 Å². The fraction of sp³-hybridized carbons (Fsp3) is 0.545. The Morgan fingerprint density at radius 1 is 1.40 bits per heavy atom. The highest BCUT2D eigenvalue weighted by Gasteiger charge is 2.33. The van der Waals surface area contributed by atoms with Crippen molar-refractivity contribution in [1.29, 1.82) is 0 Å². The molecule has 0 aliphatic carbocycles. The molecule has 1 aromatic rings. The van der Waals surface area contributed by atoms with Crippen LogP contribution < -0.4 is 0 Å². The zero-order valence-electron chi connectivity index (χ0n) is 8.93. The van der Waals surface area contributed by atoms with Crippen LogP contribution >= 0.6 is 23.2 Å². The van der Waals surface area contributed by atoms with Gasteiger partial charge in [-0.25, -0.2) is 4.98 Å². The molecule has 1 aromatic heterocycles. The molecule has 2 rings (SSSR count). The molecule has 0 unspecified atom stereocenters. The first kappa shape index (κ1) is 11.2. The molecule has 15 heavy (non-hydrogen) atoms. The summed E-state index contributed by atoms with van der Waals surface area (Å²) in [6, 6.07) is 1.70. The molecule has 1 aliphatic rings. The first-order valence-corrected chi connectivity index (χ1v) is 5.74. The summed E-state index contributed by atoms with van der Waals surface area (Å²) in [5.74, 6) is 0. The Balaban J connectivity index is 2.00. The highest BCUT2D eigenvalue weighted by molar-refractivity contribution is 6.34. The van der Waals surface area contributed by atoms with Crippen LogP contribution in [0.1, 0.15) is 19.4 Å². The van der Waals surface area contributed by atoms with E-state index in [2.05, 4.69) is 23.7 Å². The summed E-state index contributed by atoms with van der Waals surface area (Å²) in [5, 5.41) is 1.16. The van der Waals surface area contributed by atoms with Gasteiger partial charge in [-0.1, -0.05) is 37.0 Å². The average Bonchev–Trinajstić information content (AvgIpc) is 2.06. The van der Waals surface area contributed by atoms with Gasteiger partial charge in [-0.15, -0.1) is 0 Å². The van der Waals surface area contributed by atoms with E-state index in [4.69, 9.17) is 23.2 Å². The SMILES string of the molecule is CC1(C)CN(Cc2cnc(Cl)cc2Cl)C1. The van der Waals surface area contributed by atoms with Crippen molar-refractivity contribution >= 4 is 23.2 Å². The molecule has 0 bridgehead atoms. The molecule has 1 fully saturated rings. The van der Waals surface area contributed by atoms with E-state index in [0.29, 0.717) is 15.6 Å². The van der Waals surface area contributed by atoms with Crippen LogP contribution in [-0.4, -0.2) is 23.0 Å². The molecular formula is C11H14Cl2N2. The highest BCUT2D eigenvalue weighted by atomic mass is 35.5. The quantitative estimate of drug-likeness (QED) is 0.743. The van der Waals surface area contributed by atoms with E-state index < -0.39 is 0 Å². The molecular weight excluding hydrogens is 231 g/mol. The van der Waals surface area contributed by atoms with Gasteiger partial charge in [0.25, 0.3) is 0 Å². The van der Waals surface area contributed by atoms with Crippen LogP contribution in [0.15, 0.2) is 12.3 Å². The van der Waals surface area contributed by atoms with Crippen molar-refractivity contribution < 1.29 is 0 Å². The maximum atomic E-state index is 6.07. The zero-order valence-corrected chi connectivity index (χ0v) is 10.4. The van der Waals surface area contributed by atoms with E-state index >= 15 is 0 Å². The fourth-order valence-corrected chi connectivity index (χ4v) is 2.49.